The summed E-state index contributed by atoms with van der Waals surface area (Å²) >= 11 is 7.40. The van der Waals surface area contributed by atoms with E-state index >= 15 is 0 Å². The second-order valence-corrected chi connectivity index (χ2v) is 17.3. The number of benzene rings is 1. The average Bonchev–Trinajstić information content (AvgIpc) is 1.33. The number of alkyl halides is 6. The van der Waals surface area contributed by atoms with E-state index in [2.05, 4.69) is 84.7 Å². The molecule has 0 bridgehead atoms. The van der Waals surface area contributed by atoms with Crippen LogP contribution in [0.3, 0.4) is 0 Å². The van der Waals surface area contributed by atoms with Gasteiger partial charge in [0.1, 0.15) is 11.4 Å². The molecule has 2 N–H and O–H groups in total. The third-order valence-electron chi connectivity index (χ3n) is 10.8. The molecule has 506 valence electrons. The standard InChI is InChI=1S/C17H11F3N3.2C16H11N3O2.C9H5F3N3.2CNS.4CO2.2Ru/c18-17(19,20)16-11-15(22-23-16)14-10-13(8-9-21-14)7-6-12-4-2-1-3-5-12;2*20-16(21)11-7-9-18-15(10-11)14-6-3-5-13(19-14)12-4-1-2-8-17-12;10-9(11,12)8-5-7(14-15-8)6-3-1-2-4-13-6;6*2-1-3;;/h1-11H;2*1-10H,(H,20,21);1-5H;;;;;;;;/q-1;;;3*-1;;;;;2*+2/b7-6+;;;;;;;;;;;. The second-order valence-electron chi connectivity index (χ2n) is 16.9. The van der Waals surface area contributed by atoms with E-state index in [0.717, 1.165) is 46.0 Å². The summed E-state index contributed by atoms with van der Waals surface area (Å²) in [6.07, 6.45) is 5.16. The molecule has 26 nitrogen and oxygen atoms in total. The molecule has 10 aromatic heterocycles. The van der Waals surface area contributed by atoms with Crippen LogP contribution in [0.5, 0.6) is 0 Å². The van der Waals surface area contributed by atoms with Gasteiger partial charge in [-0.25, -0.2) is 19.6 Å². The van der Waals surface area contributed by atoms with Crippen molar-refractivity contribution in [2.45, 2.75) is 12.4 Å². The van der Waals surface area contributed by atoms with Crippen LogP contribution in [0.4, 0.5) is 26.3 Å². The number of carbonyl (C=O) groups excluding carboxylic acids is 8. The van der Waals surface area contributed by atoms with E-state index in [1.165, 1.54) is 59.4 Å². The summed E-state index contributed by atoms with van der Waals surface area (Å²) in [7, 11) is 0. The third kappa shape index (κ3) is 32.7. The molecular formula is C64H38F6N14O12Ru2S2. The van der Waals surface area contributed by atoms with Crippen molar-refractivity contribution in [2.75, 3.05) is 0 Å². The SMILES string of the molecule is FC(F)(F)c1cc(-c2cc(/C=C/c3ccccc3)ccn2)[n-]n1.FC(F)(F)c1cc(-c2ccccn2)[n-]n1.O=C(O)c1ccnc(-c2cccc(-c3ccccn3)n2)c1.O=C(O)c1ccnc(-c2cccc(-c3ccccn3)n2)c1.O=C=O.O=C=O.O=C=O.O=C=O.[N-]=C=S.[N-]=C=S.[Ru+2].[Ru+2]. The van der Waals surface area contributed by atoms with Crippen molar-refractivity contribution in [1.82, 2.24) is 60.3 Å². The van der Waals surface area contributed by atoms with E-state index in [1.54, 1.807) is 54.9 Å². The van der Waals surface area contributed by atoms with Crippen molar-refractivity contribution in [3.8, 4) is 68.3 Å². The quantitative estimate of drug-likeness (QED) is 0.0556. The van der Waals surface area contributed by atoms with Gasteiger partial charge in [0.25, 0.3) is 0 Å². The number of aromatic nitrogens is 12. The Balaban J connectivity index is 0.00000121. The summed E-state index contributed by atoms with van der Waals surface area (Å²) < 4.78 is 74.3. The Morgan fingerprint density at radius 2 is 0.680 bits per heavy atom. The first kappa shape index (κ1) is 87.5. The largest absolute Gasteiger partial charge is 2.00 e. The van der Waals surface area contributed by atoms with E-state index < -0.39 is 35.7 Å². The first-order valence-electron chi connectivity index (χ1n) is 26.0. The van der Waals surface area contributed by atoms with Gasteiger partial charge in [-0.2, -0.15) is 75.0 Å². The van der Waals surface area contributed by atoms with Crippen molar-refractivity contribution in [2.24, 2.45) is 0 Å². The molecule has 0 aliphatic carbocycles. The number of halogens is 6. The Kier molecular flexibility index (Phi) is 42.9. The van der Waals surface area contributed by atoms with Gasteiger partial charge in [-0.3, -0.25) is 29.9 Å². The maximum absolute atomic E-state index is 12.6. The van der Waals surface area contributed by atoms with E-state index in [-0.39, 0.29) is 86.1 Å². The molecule has 0 spiro atoms. The predicted octanol–water partition coefficient (Wildman–Crippen LogP) is 11.2. The number of aromatic carboxylic acids is 2. The number of pyridine rings is 8. The summed E-state index contributed by atoms with van der Waals surface area (Å²) in [6, 6.07) is 47.9. The first-order chi connectivity index (χ1) is 47.1. The van der Waals surface area contributed by atoms with Crippen LogP contribution in [0.2, 0.25) is 0 Å². The van der Waals surface area contributed by atoms with Crippen LogP contribution in [0.25, 0.3) is 91.3 Å². The minimum atomic E-state index is -4.50. The second kappa shape index (κ2) is 49.1. The molecule has 100 heavy (non-hydrogen) atoms. The number of hydrogen-bond donors (Lipinski definition) is 2. The number of thiocarbonyl (C=S) groups is 2. The first-order valence-corrected chi connectivity index (χ1v) is 26.8. The van der Waals surface area contributed by atoms with E-state index in [0.29, 0.717) is 34.2 Å². The van der Waals surface area contributed by atoms with Crippen LogP contribution in [-0.4, -0.2) is 107 Å². The van der Waals surface area contributed by atoms with E-state index in [9.17, 15) is 35.9 Å². The molecule has 0 amide bonds. The van der Waals surface area contributed by atoms with Crippen molar-refractivity contribution in [3.63, 3.8) is 0 Å². The number of isothiocyanates is 2. The summed E-state index contributed by atoms with van der Waals surface area (Å²) in [5, 5.41) is 48.2. The third-order valence-corrected chi connectivity index (χ3v) is 10.8. The van der Waals surface area contributed by atoms with Crippen molar-refractivity contribution >= 4 is 83.5 Å². The maximum atomic E-state index is 12.6. The molecule has 1 aromatic carbocycles. The minimum absolute atomic E-state index is 0. The predicted molar refractivity (Wildman–Crippen MR) is 334 cm³/mol. The molecule has 0 aliphatic rings. The topological polar surface area (TPSA) is 413 Å². The summed E-state index contributed by atoms with van der Waals surface area (Å²) in [5.74, 6) is -1.97. The fourth-order valence-corrected chi connectivity index (χ4v) is 6.95. The zero-order chi connectivity index (χ0) is 72.7. The van der Waals surface area contributed by atoms with Crippen LogP contribution in [-0.2, 0) is 89.7 Å². The van der Waals surface area contributed by atoms with Gasteiger partial charge in [-0.05, 0) is 120 Å². The van der Waals surface area contributed by atoms with Gasteiger partial charge in [-0.15, -0.1) is 0 Å². The number of nitrogens with zero attached hydrogens (tertiary/aromatic N) is 14. The van der Waals surface area contributed by atoms with Crippen LogP contribution >= 0.6 is 24.4 Å². The van der Waals surface area contributed by atoms with Gasteiger partial charge in [0, 0.05) is 48.6 Å². The fraction of sp³-hybridized carbons (Fsp3) is 0.0312. The molecule has 36 heteroatoms. The Morgan fingerprint density at radius 1 is 0.380 bits per heavy atom. The van der Waals surface area contributed by atoms with Crippen molar-refractivity contribution < 1.29 is 123 Å². The monoisotopic (exact) mass is 1580 g/mol. The number of hydrogen-bond acceptors (Lipinski definition) is 22. The molecule has 0 fully saturated rings. The van der Waals surface area contributed by atoms with Gasteiger partial charge in [0.05, 0.1) is 56.7 Å². The number of carbonyl (C=O) groups is 2. The maximum Gasteiger partial charge on any atom is 2.00 e. The van der Waals surface area contributed by atoms with Crippen LogP contribution < -0.4 is 10.2 Å². The minimum Gasteiger partial charge on any atom is -0.753 e. The molecule has 10 heterocycles. The Bertz CT molecular complexity index is 4310. The van der Waals surface area contributed by atoms with E-state index in [1.807, 2.05) is 103 Å². The molecule has 0 aliphatic heterocycles. The molecule has 0 radical (unpaired) electrons. The Labute approximate surface area is 595 Å². The van der Waals surface area contributed by atoms with Crippen LogP contribution in [0.15, 0.2) is 207 Å². The fourth-order valence-electron chi connectivity index (χ4n) is 6.95. The normalized spacial score (nSPS) is 9.30. The smallest absolute Gasteiger partial charge is 0.753 e. The summed E-state index contributed by atoms with van der Waals surface area (Å²) in [6.45, 7) is 0. The average molecular weight is 1580 g/mol. The number of carboxylic acid groups (broad SMARTS) is 2. The zero-order valence-electron chi connectivity index (χ0n) is 49.8. The molecular weight excluding hydrogens is 1540 g/mol. The van der Waals surface area contributed by atoms with Gasteiger partial charge in [0.2, 0.25) is 0 Å². The number of rotatable bonds is 10. The molecule has 11 rings (SSSR count). The van der Waals surface area contributed by atoms with Crippen molar-refractivity contribution in [1.29, 1.82) is 0 Å². The zero-order valence-corrected chi connectivity index (χ0v) is 54.9. The van der Waals surface area contributed by atoms with E-state index in [4.69, 9.17) is 59.4 Å². The van der Waals surface area contributed by atoms with Gasteiger partial charge in [0.15, 0.2) is 0 Å². The summed E-state index contributed by atoms with van der Waals surface area (Å²) in [4.78, 5) is 121. The number of carboxylic acids is 2. The molecule has 0 saturated carbocycles. The molecule has 0 unspecified atom stereocenters. The Morgan fingerprint density at radius 3 is 1.02 bits per heavy atom. The molecule has 11 aromatic rings. The molecule has 0 atom stereocenters. The van der Waals surface area contributed by atoms with Gasteiger partial charge < -0.3 is 41.4 Å². The van der Waals surface area contributed by atoms with Crippen LogP contribution in [0, 0.1) is 0 Å². The van der Waals surface area contributed by atoms with Crippen LogP contribution in [0.1, 0.15) is 43.2 Å². The summed E-state index contributed by atoms with van der Waals surface area (Å²) in [5.41, 5.74) is 6.38. The van der Waals surface area contributed by atoms with Gasteiger partial charge in [-0.1, -0.05) is 109 Å². The molecule has 0 saturated heterocycles. The van der Waals surface area contributed by atoms with Crippen molar-refractivity contribution in [3.05, 3.63) is 251 Å². The Hall–Kier alpha value is -12.5. The van der Waals surface area contributed by atoms with Gasteiger partial charge >= 0.3 is 87.9 Å².